The molecule has 0 saturated carbocycles. The van der Waals surface area contributed by atoms with Crippen molar-refractivity contribution in [1.29, 1.82) is 0 Å². The summed E-state index contributed by atoms with van der Waals surface area (Å²) in [6.45, 7) is 0. The Morgan fingerprint density at radius 1 is 1.11 bits per heavy atom. The maximum atomic E-state index is 12.4. The second kappa shape index (κ2) is 4.70. The van der Waals surface area contributed by atoms with Crippen molar-refractivity contribution in [1.82, 2.24) is 4.98 Å². The van der Waals surface area contributed by atoms with E-state index in [1.807, 2.05) is 0 Å². The molecule has 0 radical (unpaired) electrons. The van der Waals surface area contributed by atoms with Crippen LogP contribution in [0.1, 0.15) is 17.6 Å². The average Bonchev–Trinajstić information content (AvgIpc) is 2.11. The Labute approximate surface area is 99.5 Å². The van der Waals surface area contributed by atoms with Crippen molar-refractivity contribution in [2.45, 2.75) is 19.0 Å². The summed E-state index contributed by atoms with van der Waals surface area (Å²) in [7, 11) is 0. The van der Waals surface area contributed by atoms with Crippen LogP contribution in [-0.2, 0) is 6.18 Å². The standard InChI is InChI=1S/C8H4F8N2O/c9-4(10)2-1-3(7(11,12)13)6(18-5(2)17)19-8(14,15)16/h1,4H,(H2,17,18). The van der Waals surface area contributed by atoms with Gasteiger partial charge in [-0.15, -0.1) is 13.2 Å². The Hall–Kier alpha value is -1.81. The van der Waals surface area contributed by atoms with E-state index in [4.69, 9.17) is 5.73 Å². The van der Waals surface area contributed by atoms with Gasteiger partial charge in [-0.2, -0.15) is 18.2 Å². The topological polar surface area (TPSA) is 48.1 Å². The van der Waals surface area contributed by atoms with Gasteiger partial charge < -0.3 is 10.5 Å². The van der Waals surface area contributed by atoms with Crippen molar-refractivity contribution in [2.24, 2.45) is 0 Å². The fraction of sp³-hybridized carbons (Fsp3) is 0.375. The molecule has 1 aromatic rings. The minimum atomic E-state index is -5.47. The summed E-state index contributed by atoms with van der Waals surface area (Å²) in [5, 5.41) is 0. The number of ether oxygens (including phenoxy) is 1. The molecular weight excluding hydrogens is 292 g/mol. The van der Waals surface area contributed by atoms with Crippen molar-refractivity contribution in [3.05, 3.63) is 17.2 Å². The summed E-state index contributed by atoms with van der Waals surface area (Å²) in [6, 6.07) is -0.228. The Bertz CT molecular complexity index is 467. The van der Waals surface area contributed by atoms with E-state index in [9.17, 15) is 35.1 Å². The van der Waals surface area contributed by atoms with Crippen molar-refractivity contribution in [3.8, 4) is 5.88 Å². The smallest absolute Gasteiger partial charge is 0.387 e. The number of nitrogens with zero attached hydrogens (tertiary/aromatic N) is 1. The van der Waals surface area contributed by atoms with Crippen molar-refractivity contribution in [2.75, 3.05) is 5.73 Å². The first kappa shape index (κ1) is 15.2. The Kier molecular flexibility index (Phi) is 3.77. The van der Waals surface area contributed by atoms with Crippen LogP contribution in [0.3, 0.4) is 0 Å². The molecule has 0 aliphatic rings. The van der Waals surface area contributed by atoms with E-state index in [0.29, 0.717) is 0 Å². The lowest BCUT2D eigenvalue weighted by Gasteiger charge is -2.16. The normalized spacial score (nSPS) is 12.9. The molecule has 3 nitrogen and oxygen atoms in total. The van der Waals surface area contributed by atoms with Crippen LogP contribution in [0.4, 0.5) is 40.9 Å². The molecule has 0 saturated heterocycles. The lowest BCUT2D eigenvalue weighted by atomic mass is 10.1. The van der Waals surface area contributed by atoms with Gasteiger partial charge in [0.05, 0.1) is 5.56 Å². The average molecular weight is 296 g/mol. The third-order valence-corrected chi connectivity index (χ3v) is 1.80. The zero-order valence-corrected chi connectivity index (χ0v) is 8.61. The van der Waals surface area contributed by atoms with Gasteiger partial charge in [-0.3, -0.25) is 0 Å². The Morgan fingerprint density at radius 2 is 1.63 bits per heavy atom. The largest absolute Gasteiger partial charge is 0.574 e. The molecule has 0 aliphatic carbocycles. The molecule has 0 atom stereocenters. The predicted molar refractivity (Wildman–Crippen MR) is 45.3 cm³/mol. The maximum Gasteiger partial charge on any atom is 0.574 e. The van der Waals surface area contributed by atoms with E-state index in [0.717, 1.165) is 0 Å². The fourth-order valence-electron chi connectivity index (χ4n) is 1.09. The quantitative estimate of drug-likeness (QED) is 0.849. The second-order valence-electron chi connectivity index (χ2n) is 3.16. The first-order chi connectivity index (χ1) is 8.42. The van der Waals surface area contributed by atoms with Crippen LogP contribution in [0.25, 0.3) is 0 Å². The highest BCUT2D eigenvalue weighted by Gasteiger charge is 2.41. The molecule has 0 bridgehead atoms. The van der Waals surface area contributed by atoms with E-state index in [2.05, 4.69) is 9.72 Å². The molecule has 0 unspecified atom stereocenters. The molecule has 19 heavy (non-hydrogen) atoms. The molecule has 0 aliphatic heterocycles. The summed E-state index contributed by atoms with van der Waals surface area (Å²) in [4.78, 5) is 2.58. The van der Waals surface area contributed by atoms with Crippen molar-refractivity contribution in [3.63, 3.8) is 0 Å². The van der Waals surface area contributed by atoms with Gasteiger partial charge in [0, 0.05) is 0 Å². The van der Waals surface area contributed by atoms with E-state index in [1.165, 1.54) is 0 Å². The van der Waals surface area contributed by atoms with Crippen LogP contribution in [0.5, 0.6) is 5.88 Å². The minimum absolute atomic E-state index is 0.228. The first-order valence-electron chi connectivity index (χ1n) is 4.33. The molecule has 1 aromatic heterocycles. The number of nitrogen functional groups attached to an aromatic ring is 1. The molecule has 11 heteroatoms. The molecule has 0 aromatic carbocycles. The highest BCUT2D eigenvalue weighted by Crippen LogP contribution is 2.40. The van der Waals surface area contributed by atoms with Gasteiger partial charge in [0.2, 0.25) is 5.88 Å². The molecule has 0 fully saturated rings. The van der Waals surface area contributed by atoms with E-state index in [-0.39, 0.29) is 6.07 Å². The summed E-state index contributed by atoms with van der Waals surface area (Å²) < 4.78 is 101. The summed E-state index contributed by atoms with van der Waals surface area (Å²) in [6.07, 6.45) is -14.2. The number of hydrogen-bond acceptors (Lipinski definition) is 3. The third kappa shape index (κ3) is 3.83. The lowest BCUT2D eigenvalue weighted by molar-refractivity contribution is -0.277. The number of hydrogen-bond donors (Lipinski definition) is 1. The van der Waals surface area contributed by atoms with Crippen molar-refractivity contribution >= 4 is 5.82 Å². The summed E-state index contributed by atoms with van der Waals surface area (Å²) in [5.74, 6) is -3.11. The minimum Gasteiger partial charge on any atom is -0.387 e. The number of alkyl halides is 8. The SMILES string of the molecule is Nc1nc(OC(F)(F)F)c(C(F)(F)F)cc1C(F)F. The van der Waals surface area contributed by atoms with Gasteiger partial charge in [0.1, 0.15) is 11.4 Å². The van der Waals surface area contributed by atoms with E-state index < -0.39 is 41.8 Å². The number of pyridine rings is 1. The van der Waals surface area contributed by atoms with Crippen LogP contribution in [0.15, 0.2) is 6.07 Å². The molecule has 1 heterocycles. The number of nitrogens with two attached hydrogens (primary N) is 1. The predicted octanol–water partition coefficient (Wildman–Crippen LogP) is 3.52. The Morgan fingerprint density at radius 3 is 2.00 bits per heavy atom. The Balaban J connectivity index is 3.41. The molecule has 108 valence electrons. The van der Waals surface area contributed by atoms with Gasteiger partial charge in [-0.05, 0) is 6.07 Å². The number of halogens is 8. The van der Waals surface area contributed by atoms with Gasteiger partial charge in [0.15, 0.2) is 0 Å². The van der Waals surface area contributed by atoms with Crippen LogP contribution >= 0.6 is 0 Å². The lowest BCUT2D eigenvalue weighted by Crippen LogP contribution is -2.22. The van der Waals surface area contributed by atoms with Crippen molar-refractivity contribution < 1.29 is 39.9 Å². The van der Waals surface area contributed by atoms with Crippen LogP contribution in [0, 0.1) is 0 Å². The number of anilines is 1. The summed E-state index contributed by atoms with van der Waals surface area (Å²) >= 11 is 0. The maximum absolute atomic E-state index is 12.4. The van der Waals surface area contributed by atoms with Gasteiger partial charge in [-0.1, -0.05) is 0 Å². The number of rotatable bonds is 2. The molecule has 1 rings (SSSR count). The van der Waals surface area contributed by atoms with E-state index in [1.54, 1.807) is 0 Å². The summed E-state index contributed by atoms with van der Waals surface area (Å²) in [5.41, 5.74) is 1.43. The third-order valence-electron chi connectivity index (χ3n) is 1.80. The second-order valence-corrected chi connectivity index (χ2v) is 3.16. The molecule has 0 amide bonds. The van der Waals surface area contributed by atoms with E-state index >= 15 is 0 Å². The number of aromatic nitrogens is 1. The zero-order valence-electron chi connectivity index (χ0n) is 8.61. The van der Waals surface area contributed by atoms with Gasteiger partial charge in [-0.25, -0.2) is 8.78 Å². The highest BCUT2D eigenvalue weighted by atomic mass is 19.4. The van der Waals surface area contributed by atoms with Crippen LogP contribution < -0.4 is 10.5 Å². The zero-order chi connectivity index (χ0) is 15.0. The molecule has 0 spiro atoms. The fourth-order valence-corrected chi connectivity index (χ4v) is 1.09. The molecule has 2 N–H and O–H groups in total. The first-order valence-corrected chi connectivity index (χ1v) is 4.33. The van der Waals surface area contributed by atoms with Crippen LogP contribution in [0.2, 0.25) is 0 Å². The van der Waals surface area contributed by atoms with Gasteiger partial charge in [0.25, 0.3) is 6.43 Å². The van der Waals surface area contributed by atoms with Gasteiger partial charge >= 0.3 is 12.5 Å². The van der Waals surface area contributed by atoms with Crippen LogP contribution in [-0.4, -0.2) is 11.3 Å². The molecular formula is C8H4F8N2O. The highest BCUT2D eigenvalue weighted by molar-refractivity contribution is 5.47. The monoisotopic (exact) mass is 296 g/mol.